The molecule has 0 saturated carbocycles. The number of ether oxygens (including phenoxy) is 1. The minimum absolute atomic E-state index is 0.0722. The van der Waals surface area contributed by atoms with Crippen molar-refractivity contribution in [2.75, 3.05) is 13.6 Å². The minimum atomic E-state index is -0.130. The van der Waals surface area contributed by atoms with Crippen molar-refractivity contribution in [3.8, 4) is 0 Å². The fraction of sp³-hybridized carbons (Fsp3) is 0.583. The molecule has 0 amide bonds. The zero-order chi connectivity index (χ0) is 12.0. The second-order valence-corrected chi connectivity index (χ2v) is 4.97. The first-order valence-corrected chi connectivity index (χ1v) is 6.41. The molecule has 0 spiro atoms. The van der Waals surface area contributed by atoms with Gasteiger partial charge in [-0.05, 0) is 25.0 Å². The maximum absolute atomic E-state index is 11.6. The van der Waals surface area contributed by atoms with Crippen LogP contribution in [0.4, 0.5) is 0 Å². The predicted octanol–water partition coefficient (Wildman–Crippen LogP) is 2.60. The van der Waals surface area contributed by atoms with Gasteiger partial charge >= 0.3 is 5.97 Å². The molecular formula is C12H19NO2S. The third-order valence-electron chi connectivity index (χ3n) is 2.25. The molecule has 0 bridgehead atoms. The number of hydrogen-bond donors (Lipinski definition) is 1. The molecule has 1 heterocycles. The van der Waals surface area contributed by atoms with Gasteiger partial charge in [0.15, 0.2) is 0 Å². The van der Waals surface area contributed by atoms with Crippen LogP contribution in [0.15, 0.2) is 17.5 Å². The summed E-state index contributed by atoms with van der Waals surface area (Å²) in [6.07, 6.45) is 0.706. The van der Waals surface area contributed by atoms with E-state index in [1.807, 2.05) is 38.4 Å². The van der Waals surface area contributed by atoms with Gasteiger partial charge in [-0.15, -0.1) is 11.3 Å². The molecule has 4 heteroatoms. The summed E-state index contributed by atoms with van der Waals surface area (Å²) in [6.45, 7) is 4.55. The van der Waals surface area contributed by atoms with Crippen LogP contribution in [-0.2, 0) is 9.53 Å². The normalized spacial score (nSPS) is 12.8. The van der Waals surface area contributed by atoms with Crippen LogP contribution in [0.25, 0.3) is 0 Å². The van der Waals surface area contributed by atoms with E-state index in [0.717, 1.165) is 17.8 Å². The first-order valence-electron chi connectivity index (χ1n) is 5.53. The van der Waals surface area contributed by atoms with Crippen LogP contribution in [0.2, 0.25) is 0 Å². The van der Waals surface area contributed by atoms with Crippen LogP contribution in [0.5, 0.6) is 0 Å². The fourth-order valence-corrected chi connectivity index (χ4v) is 2.07. The molecule has 0 aliphatic rings. The summed E-state index contributed by atoms with van der Waals surface area (Å²) in [4.78, 5) is 12.7. The van der Waals surface area contributed by atoms with Crippen molar-refractivity contribution in [2.45, 2.75) is 26.4 Å². The molecule has 0 fully saturated rings. The van der Waals surface area contributed by atoms with Gasteiger partial charge in [0.2, 0.25) is 0 Å². The summed E-state index contributed by atoms with van der Waals surface area (Å²) in [5.41, 5.74) is 0. The van der Waals surface area contributed by atoms with Crippen LogP contribution in [0.1, 0.15) is 31.2 Å². The molecule has 1 aromatic rings. The quantitative estimate of drug-likeness (QED) is 0.778. The molecular weight excluding hydrogens is 222 g/mol. The maximum Gasteiger partial charge on any atom is 0.309 e. The summed E-state index contributed by atoms with van der Waals surface area (Å²) < 4.78 is 5.49. The van der Waals surface area contributed by atoms with Gasteiger partial charge in [0, 0.05) is 11.3 Å². The van der Waals surface area contributed by atoms with Crippen LogP contribution in [0, 0.1) is 5.92 Å². The average Bonchev–Trinajstić information content (AvgIpc) is 2.76. The standard InChI is InChI=1S/C12H19NO2S/c1-9(2)12(14)15-10(6-7-13-3)11-5-4-8-16-11/h4-5,8-10,13H,6-7H2,1-3H3/t10-/m0/s1. The van der Waals surface area contributed by atoms with E-state index in [-0.39, 0.29) is 18.0 Å². The highest BCUT2D eigenvalue weighted by Crippen LogP contribution is 2.26. The van der Waals surface area contributed by atoms with Gasteiger partial charge in [0.1, 0.15) is 6.10 Å². The van der Waals surface area contributed by atoms with E-state index < -0.39 is 0 Å². The Morgan fingerprint density at radius 1 is 1.56 bits per heavy atom. The summed E-state index contributed by atoms with van der Waals surface area (Å²) in [5, 5.41) is 5.08. The zero-order valence-corrected chi connectivity index (χ0v) is 10.8. The van der Waals surface area contributed by atoms with Gasteiger partial charge in [0.05, 0.1) is 5.92 Å². The Kier molecular flexibility index (Phi) is 5.49. The van der Waals surface area contributed by atoms with Gasteiger partial charge in [-0.1, -0.05) is 19.9 Å². The first kappa shape index (κ1) is 13.2. The Morgan fingerprint density at radius 2 is 2.31 bits per heavy atom. The summed E-state index contributed by atoms with van der Waals surface area (Å²) >= 11 is 1.63. The highest BCUT2D eigenvalue weighted by Gasteiger charge is 2.19. The summed E-state index contributed by atoms with van der Waals surface area (Å²) in [5.74, 6) is -0.202. The van der Waals surface area contributed by atoms with Crippen molar-refractivity contribution in [1.82, 2.24) is 5.32 Å². The third-order valence-corrected chi connectivity index (χ3v) is 3.21. The van der Waals surface area contributed by atoms with Gasteiger partial charge in [-0.2, -0.15) is 0 Å². The Balaban J connectivity index is 2.61. The van der Waals surface area contributed by atoms with E-state index in [2.05, 4.69) is 5.32 Å². The number of rotatable bonds is 6. The van der Waals surface area contributed by atoms with Crippen molar-refractivity contribution in [3.63, 3.8) is 0 Å². The second kappa shape index (κ2) is 6.66. The van der Waals surface area contributed by atoms with Crippen LogP contribution < -0.4 is 5.32 Å². The molecule has 1 atom stereocenters. The number of esters is 1. The highest BCUT2D eigenvalue weighted by atomic mass is 32.1. The molecule has 0 aliphatic carbocycles. The lowest BCUT2D eigenvalue weighted by Crippen LogP contribution is -2.19. The lowest BCUT2D eigenvalue weighted by Gasteiger charge is -2.17. The largest absolute Gasteiger partial charge is 0.456 e. The maximum atomic E-state index is 11.6. The van der Waals surface area contributed by atoms with E-state index in [1.54, 1.807) is 11.3 Å². The van der Waals surface area contributed by atoms with Crippen LogP contribution >= 0.6 is 11.3 Å². The number of carbonyl (C=O) groups excluding carboxylic acids is 1. The van der Waals surface area contributed by atoms with Crippen molar-refractivity contribution in [3.05, 3.63) is 22.4 Å². The molecule has 1 rings (SSSR count). The highest BCUT2D eigenvalue weighted by molar-refractivity contribution is 7.10. The third kappa shape index (κ3) is 3.94. The van der Waals surface area contributed by atoms with Crippen LogP contribution in [-0.4, -0.2) is 19.6 Å². The van der Waals surface area contributed by atoms with Crippen molar-refractivity contribution >= 4 is 17.3 Å². The lowest BCUT2D eigenvalue weighted by molar-refractivity contribution is -0.153. The number of hydrogen-bond acceptors (Lipinski definition) is 4. The van der Waals surface area contributed by atoms with E-state index in [9.17, 15) is 4.79 Å². The van der Waals surface area contributed by atoms with E-state index in [0.29, 0.717) is 0 Å². The molecule has 90 valence electrons. The SMILES string of the molecule is CNCC[C@H](OC(=O)C(C)C)c1cccs1. The zero-order valence-electron chi connectivity index (χ0n) is 10.0. The van der Waals surface area contributed by atoms with Gasteiger partial charge in [-0.3, -0.25) is 4.79 Å². The number of thiophene rings is 1. The molecule has 1 aromatic heterocycles. The van der Waals surface area contributed by atoms with Crippen molar-refractivity contribution in [1.29, 1.82) is 0 Å². The predicted molar refractivity (Wildman–Crippen MR) is 66.5 cm³/mol. The van der Waals surface area contributed by atoms with Crippen molar-refractivity contribution < 1.29 is 9.53 Å². The molecule has 0 saturated heterocycles. The van der Waals surface area contributed by atoms with E-state index in [4.69, 9.17) is 4.74 Å². The van der Waals surface area contributed by atoms with Gasteiger partial charge in [0.25, 0.3) is 0 Å². The van der Waals surface area contributed by atoms with Gasteiger partial charge < -0.3 is 10.1 Å². The molecule has 0 aromatic carbocycles. The number of carbonyl (C=O) groups is 1. The fourth-order valence-electron chi connectivity index (χ4n) is 1.29. The molecule has 0 unspecified atom stereocenters. The van der Waals surface area contributed by atoms with Crippen molar-refractivity contribution in [2.24, 2.45) is 5.92 Å². The molecule has 1 N–H and O–H groups in total. The lowest BCUT2D eigenvalue weighted by atomic mass is 10.2. The van der Waals surface area contributed by atoms with E-state index >= 15 is 0 Å². The Morgan fingerprint density at radius 3 is 2.81 bits per heavy atom. The number of nitrogens with one attached hydrogen (secondary N) is 1. The minimum Gasteiger partial charge on any atom is -0.456 e. The van der Waals surface area contributed by atoms with Crippen LogP contribution in [0.3, 0.4) is 0 Å². The second-order valence-electron chi connectivity index (χ2n) is 3.99. The van der Waals surface area contributed by atoms with E-state index in [1.165, 1.54) is 0 Å². The molecule has 3 nitrogen and oxygen atoms in total. The first-order chi connectivity index (χ1) is 7.65. The molecule has 16 heavy (non-hydrogen) atoms. The topological polar surface area (TPSA) is 38.3 Å². The Bertz CT molecular complexity index is 309. The van der Waals surface area contributed by atoms with Gasteiger partial charge in [-0.25, -0.2) is 0 Å². The smallest absolute Gasteiger partial charge is 0.309 e. The average molecular weight is 241 g/mol. The molecule has 0 aliphatic heterocycles. The Labute approximate surface area is 101 Å². The monoisotopic (exact) mass is 241 g/mol. The summed E-state index contributed by atoms with van der Waals surface area (Å²) in [7, 11) is 1.90. The Hall–Kier alpha value is -0.870. The summed E-state index contributed by atoms with van der Waals surface area (Å²) in [6, 6.07) is 3.99. The molecule has 0 radical (unpaired) electrons.